The lowest BCUT2D eigenvalue weighted by atomic mass is 9.83. The Labute approximate surface area is 179 Å². The van der Waals surface area contributed by atoms with Gasteiger partial charge in [0.25, 0.3) is 0 Å². The highest BCUT2D eigenvalue weighted by Gasteiger charge is 2.36. The lowest BCUT2D eigenvalue weighted by Crippen LogP contribution is -2.50. The van der Waals surface area contributed by atoms with Gasteiger partial charge in [0.2, 0.25) is 0 Å². The molecule has 6 nitrogen and oxygen atoms in total. The maximum Gasteiger partial charge on any atom is 0.319 e. The van der Waals surface area contributed by atoms with Gasteiger partial charge in [-0.1, -0.05) is 12.1 Å². The molecular weight excluding hydrogens is 390 g/mol. The molecule has 3 aliphatic heterocycles. The normalized spacial score (nSPS) is 25.3. The molecule has 1 aromatic rings. The van der Waals surface area contributed by atoms with Crippen LogP contribution in [0.1, 0.15) is 54.9 Å². The Morgan fingerprint density at radius 3 is 2.45 bits per heavy atom. The first-order chi connectivity index (χ1) is 13.6. The van der Waals surface area contributed by atoms with E-state index in [-0.39, 0.29) is 30.6 Å². The van der Waals surface area contributed by atoms with Crippen molar-refractivity contribution in [3.8, 4) is 5.75 Å². The van der Waals surface area contributed by atoms with Crippen molar-refractivity contribution in [2.24, 2.45) is 11.7 Å². The molecular formula is C22H34ClN3O3. The van der Waals surface area contributed by atoms with Gasteiger partial charge >= 0.3 is 6.03 Å². The van der Waals surface area contributed by atoms with Crippen LogP contribution in [0.3, 0.4) is 0 Å². The van der Waals surface area contributed by atoms with Crippen molar-refractivity contribution >= 4 is 18.4 Å². The molecule has 1 aromatic carbocycles. The molecule has 2 amide bonds. The van der Waals surface area contributed by atoms with Crippen LogP contribution in [-0.2, 0) is 11.2 Å². The number of hydrogen-bond acceptors (Lipinski definition) is 4. The number of rotatable bonds is 2. The predicted octanol–water partition coefficient (Wildman–Crippen LogP) is 3.38. The number of likely N-dealkylation sites (tertiary alicyclic amines) is 2. The van der Waals surface area contributed by atoms with Crippen molar-refractivity contribution < 1.29 is 14.6 Å². The minimum atomic E-state index is -0.159. The zero-order chi connectivity index (χ0) is 19.7. The van der Waals surface area contributed by atoms with Gasteiger partial charge in [0.1, 0.15) is 5.75 Å². The smallest absolute Gasteiger partial charge is 0.319 e. The maximum atomic E-state index is 12.8. The molecule has 3 heterocycles. The number of ether oxygens (including phenoxy) is 1. The van der Waals surface area contributed by atoms with Crippen molar-refractivity contribution in [3.05, 3.63) is 28.8 Å². The summed E-state index contributed by atoms with van der Waals surface area (Å²) >= 11 is 0. The van der Waals surface area contributed by atoms with E-state index in [1.807, 2.05) is 28.9 Å². The monoisotopic (exact) mass is 423 g/mol. The second-order valence-corrected chi connectivity index (χ2v) is 8.56. The first-order valence-corrected chi connectivity index (χ1v) is 10.8. The van der Waals surface area contributed by atoms with Crippen LogP contribution in [-0.4, -0.2) is 59.8 Å². The van der Waals surface area contributed by atoms with Crippen LogP contribution in [0.25, 0.3) is 0 Å². The van der Waals surface area contributed by atoms with Crippen molar-refractivity contribution in [2.45, 2.75) is 57.7 Å². The molecule has 0 unspecified atom stereocenters. The summed E-state index contributed by atoms with van der Waals surface area (Å²) in [5.74, 6) is 0.787. The molecule has 0 saturated carbocycles. The third kappa shape index (κ3) is 4.49. The van der Waals surface area contributed by atoms with E-state index in [4.69, 9.17) is 10.5 Å². The molecule has 2 atom stereocenters. The van der Waals surface area contributed by atoms with E-state index in [0.717, 1.165) is 75.0 Å². The van der Waals surface area contributed by atoms with Gasteiger partial charge in [-0.2, -0.15) is 0 Å². The number of fused-ring (bicyclic) bond motifs is 1. The topological polar surface area (TPSA) is 79.0 Å². The number of carbonyl (C=O) groups is 1. The zero-order valence-corrected chi connectivity index (χ0v) is 18.1. The fraction of sp³-hybridized carbons (Fsp3) is 0.682. The molecule has 3 aliphatic rings. The third-order valence-electron chi connectivity index (χ3n) is 6.79. The first-order valence-electron chi connectivity index (χ1n) is 10.8. The highest BCUT2D eigenvalue weighted by molar-refractivity contribution is 5.85. The molecule has 2 fully saturated rings. The largest absolute Gasteiger partial charge is 0.507 e. The van der Waals surface area contributed by atoms with Crippen molar-refractivity contribution in [3.63, 3.8) is 0 Å². The summed E-state index contributed by atoms with van der Waals surface area (Å²) in [5.41, 5.74) is 8.90. The number of nitrogens with two attached hydrogens (primary N) is 1. The molecule has 4 rings (SSSR count). The summed E-state index contributed by atoms with van der Waals surface area (Å²) in [7, 11) is 0. The number of nitrogens with zero attached hydrogens (tertiary/aromatic N) is 2. The Morgan fingerprint density at radius 2 is 1.79 bits per heavy atom. The summed E-state index contributed by atoms with van der Waals surface area (Å²) in [4.78, 5) is 16.8. The van der Waals surface area contributed by atoms with Crippen LogP contribution in [0.2, 0.25) is 0 Å². The molecule has 0 radical (unpaired) electrons. The molecule has 0 spiro atoms. The van der Waals surface area contributed by atoms with Crippen LogP contribution in [0.4, 0.5) is 4.79 Å². The minimum Gasteiger partial charge on any atom is -0.507 e. The van der Waals surface area contributed by atoms with E-state index in [1.165, 1.54) is 6.42 Å². The summed E-state index contributed by atoms with van der Waals surface area (Å²) in [6.07, 6.45) is 6.01. The second kappa shape index (κ2) is 9.54. The van der Waals surface area contributed by atoms with E-state index in [0.29, 0.717) is 18.2 Å². The number of aryl methyl sites for hydroxylation is 1. The quantitative estimate of drug-likeness (QED) is 0.764. The predicted molar refractivity (Wildman–Crippen MR) is 116 cm³/mol. The fourth-order valence-electron chi connectivity index (χ4n) is 5.03. The van der Waals surface area contributed by atoms with Crippen LogP contribution in [0.15, 0.2) is 12.1 Å². The summed E-state index contributed by atoms with van der Waals surface area (Å²) in [6.45, 7) is 5.73. The van der Waals surface area contributed by atoms with Crippen LogP contribution >= 0.6 is 12.4 Å². The molecule has 0 aromatic heterocycles. The number of piperidine rings is 2. The minimum absolute atomic E-state index is 0. The van der Waals surface area contributed by atoms with Crippen LogP contribution in [0.5, 0.6) is 5.75 Å². The number of urea groups is 1. The number of halogens is 1. The molecule has 7 heteroatoms. The lowest BCUT2D eigenvalue weighted by molar-refractivity contribution is -0.0632. The second-order valence-electron chi connectivity index (χ2n) is 8.56. The average molecular weight is 424 g/mol. The standard InChI is InChI=1S/C22H33N3O3.ClH/c1-15-5-6-17-18(21(15)26)13-19(28-20(17)14-23)16-7-11-25(12-8-16)22(27)24-9-3-2-4-10-24;/h5-6,16,19-20,26H,2-4,7-14,23H2,1H3;1H/t19-,20-;/m0./s1. The Bertz CT molecular complexity index is 715. The highest BCUT2D eigenvalue weighted by atomic mass is 35.5. The van der Waals surface area contributed by atoms with Gasteiger partial charge in [0.15, 0.2) is 0 Å². The summed E-state index contributed by atoms with van der Waals surface area (Å²) in [5, 5.41) is 10.6. The molecule has 29 heavy (non-hydrogen) atoms. The highest BCUT2D eigenvalue weighted by Crippen LogP contribution is 2.40. The zero-order valence-electron chi connectivity index (χ0n) is 17.3. The van der Waals surface area contributed by atoms with Crippen molar-refractivity contribution in [1.82, 2.24) is 9.80 Å². The molecule has 0 bridgehead atoms. The third-order valence-corrected chi connectivity index (χ3v) is 6.79. The number of aromatic hydroxyl groups is 1. The first kappa shape index (κ1) is 22.2. The number of carbonyl (C=O) groups excluding carboxylic acids is 1. The molecule has 162 valence electrons. The fourth-order valence-corrected chi connectivity index (χ4v) is 5.03. The van der Waals surface area contributed by atoms with Crippen LogP contribution < -0.4 is 5.73 Å². The molecule has 0 aliphatic carbocycles. The van der Waals surface area contributed by atoms with E-state index in [2.05, 4.69) is 0 Å². The number of phenolic OH excluding ortho intramolecular Hbond substituents is 1. The van der Waals surface area contributed by atoms with E-state index in [9.17, 15) is 9.90 Å². The van der Waals surface area contributed by atoms with Crippen LogP contribution in [0, 0.1) is 12.8 Å². The number of benzene rings is 1. The Hall–Kier alpha value is -1.50. The SMILES string of the molecule is Cc1ccc2c(c1O)C[C@@H](C1CCN(C(=O)N3CCCCC3)CC1)O[C@H]2CN.Cl. The maximum absolute atomic E-state index is 12.8. The van der Waals surface area contributed by atoms with Gasteiger partial charge in [-0.15, -0.1) is 12.4 Å². The van der Waals surface area contributed by atoms with Gasteiger partial charge in [-0.3, -0.25) is 0 Å². The van der Waals surface area contributed by atoms with Gasteiger partial charge in [0.05, 0.1) is 12.2 Å². The van der Waals surface area contributed by atoms with Crippen molar-refractivity contribution in [1.29, 1.82) is 0 Å². The average Bonchev–Trinajstić information content (AvgIpc) is 2.76. The van der Waals surface area contributed by atoms with Gasteiger partial charge in [-0.05, 0) is 56.1 Å². The van der Waals surface area contributed by atoms with Crippen molar-refractivity contribution in [2.75, 3.05) is 32.7 Å². The van der Waals surface area contributed by atoms with Gasteiger partial charge < -0.3 is 25.4 Å². The molecule has 3 N–H and O–H groups in total. The Balaban J connectivity index is 0.00000240. The van der Waals surface area contributed by atoms with E-state index in [1.54, 1.807) is 0 Å². The lowest BCUT2D eigenvalue weighted by Gasteiger charge is -2.41. The van der Waals surface area contributed by atoms with Gasteiger partial charge in [0, 0.05) is 44.7 Å². The number of phenols is 1. The molecule has 2 saturated heterocycles. The number of amides is 2. The Kier molecular flexibility index (Phi) is 7.30. The Morgan fingerprint density at radius 1 is 1.14 bits per heavy atom. The summed E-state index contributed by atoms with van der Waals surface area (Å²) in [6, 6.07) is 4.18. The van der Waals surface area contributed by atoms with E-state index < -0.39 is 0 Å². The number of hydrogen-bond donors (Lipinski definition) is 2. The summed E-state index contributed by atoms with van der Waals surface area (Å²) < 4.78 is 6.36. The van der Waals surface area contributed by atoms with Gasteiger partial charge in [-0.25, -0.2) is 4.79 Å². The van der Waals surface area contributed by atoms with E-state index >= 15 is 0 Å².